The first-order valence-corrected chi connectivity index (χ1v) is 9.65. The minimum atomic E-state index is -0.0256. The average molecular weight is 372 g/mol. The maximum atomic E-state index is 12.8. The second-order valence-corrected chi connectivity index (χ2v) is 7.44. The van der Waals surface area contributed by atoms with Gasteiger partial charge in [-0.05, 0) is 41.2 Å². The zero-order valence-electron chi connectivity index (χ0n) is 16.2. The third kappa shape index (κ3) is 3.88. The number of nitrogens with one attached hydrogen (secondary N) is 1. The van der Waals surface area contributed by atoms with Crippen LogP contribution in [0.4, 0.5) is 11.6 Å². The summed E-state index contributed by atoms with van der Waals surface area (Å²) in [7, 11) is 0. The molecule has 0 atom stereocenters. The van der Waals surface area contributed by atoms with Gasteiger partial charge in [-0.2, -0.15) is 0 Å². The molecule has 1 N–H and O–H groups in total. The van der Waals surface area contributed by atoms with Crippen molar-refractivity contribution >= 4 is 17.5 Å². The highest BCUT2D eigenvalue weighted by Crippen LogP contribution is 2.21. The van der Waals surface area contributed by atoms with Crippen molar-refractivity contribution in [2.75, 3.05) is 11.9 Å². The molecule has 28 heavy (non-hydrogen) atoms. The molecule has 0 bridgehead atoms. The molecule has 1 aromatic heterocycles. The van der Waals surface area contributed by atoms with Crippen LogP contribution < -0.4 is 5.32 Å². The molecule has 0 aliphatic carbocycles. The molecule has 1 aliphatic rings. The Labute approximate surface area is 165 Å². The Morgan fingerprint density at radius 1 is 1.00 bits per heavy atom. The van der Waals surface area contributed by atoms with E-state index in [2.05, 4.69) is 53.4 Å². The summed E-state index contributed by atoms with van der Waals surface area (Å²) >= 11 is 0. The number of anilines is 2. The van der Waals surface area contributed by atoms with Crippen LogP contribution in [-0.4, -0.2) is 27.3 Å². The van der Waals surface area contributed by atoms with E-state index >= 15 is 0 Å². The molecular weight excluding hydrogens is 348 g/mol. The number of carbonyl (C=O) groups excluding carboxylic acids is 1. The summed E-state index contributed by atoms with van der Waals surface area (Å²) in [5, 5.41) is 3.18. The number of carbonyl (C=O) groups is 1. The number of benzene rings is 2. The fourth-order valence-corrected chi connectivity index (χ4v) is 3.44. The van der Waals surface area contributed by atoms with Gasteiger partial charge in [-0.1, -0.05) is 50.2 Å². The summed E-state index contributed by atoms with van der Waals surface area (Å²) in [4.78, 5) is 23.3. The van der Waals surface area contributed by atoms with E-state index in [-0.39, 0.29) is 5.91 Å². The normalized spacial score (nSPS) is 13.3. The summed E-state index contributed by atoms with van der Waals surface area (Å²) in [6.45, 7) is 5.69. The molecule has 142 valence electrons. The van der Waals surface area contributed by atoms with Gasteiger partial charge in [-0.15, -0.1) is 0 Å². The number of fused-ring (bicyclic) bond motifs is 1. The molecule has 3 aromatic rings. The Balaban J connectivity index is 1.42. The summed E-state index contributed by atoms with van der Waals surface area (Å²) in [5.74, 6) is 0.956. The van der Waals surface area contributed by atoms with E-state index in [1.54, 1.807) is 12.4 Å². The first-order chi connectivity index (χ1) is 13.6. The number of aromatic nitrogens is 2. The van der Waals surface area contributed by atoms with Crippen LogP contribution in [0.2, 0.25) is 0 Å². The molecule has 1 amide bonds. The molecule has 0 fully saturated rings. The van der Waals surface area contributed by atoms with E-state index in [0.717, 1.165) is 18.7 Å². The van der Waals surface area contributed by atoms with Gasteiger partial charge >= 0.3 is 0 Å². The van der Waals surface area contributed by atoms with Gasteiger partial charge in [0.2, 0.25) is 5.95 Å². The van der Waals surface area contributed by atoms with Gasteiger partial charge < -0.3 is 10.2 Å². The summed E-state index contributed by atoms with van der Waals surface area (Å²) in [6, 6.07) is 16.5. The predicted molar refractivity (Wildman–Crippen MR) is 111 cm³/mol. The van der Waals surface area contributed by atoms with Crippen LogP contribution in [0.5, 0.6) is 0 Å². The standard InChI is InChI=1S/C23H24N4O/c1-16(2)17-7-9-21(10-8-17)26-23-24-13-20(14-25-23)22(28)27-12-11-18-5-3-4-6-19(18)15-27/h3-10,13-14,16H,11-12,15H2,1-2H3,(H,24,25,26). The lowest BCUT2D eigenvalue weighted by Crippen LogP contribution is -2.36. The van der Waals surface area contributed by atoms with Gasteiger partial charge in [-0.3, -0.25) is 4.79 Å². The number of hydrogen-bond donors (Lipinski definition) is 1. The van der Waals surface area contributed by atoms with E-state index < -0.39 is 0 Å². The van der Waals surface area contributed by atoms with Crippen molar-refractivity contribution in [3.63, 3.8) is 0 Å². The number of rotatable bonds is 4. The molecule has 0 saturated heterocycles. The van der Waals surface area contributed by atoms with Crippen LogP contribution in [-0.2, 0) is 13.0 Å². The van der Waals surface area contributed by atoms with E-state index in [4.69, 9.17) is 0 Å². The van der Waals surface area contributed by atoms with Gasteiger partial charge in [0.1, 0.15) is 0 Å². The van der Waals surface area contributed by atoms with Crippen molar-refractivity contribution in [3.8, 4) is 0 Å². The van der Waals surface area contributed by atoms with Gasteiger partial charge in [0.05, 0.1) is 5.56 Å². The fourth-order valence-electron chi connectivity index (χ4n) is 3.44. The summed E-state index contributed by atoms with van der Waals surface area (Å²) in [6.07, 6.45) is 4.08. The summed E-state index contributed by atoms with van der Waals surface area (Å²) < 4.78 is 0. The lowest BCUT2D eigenvalue weighted by atomic mass is 9.99. The van der Waals surface area contributed by atoms with Crippen molar-refractivity contribution in [2.45, 2.75) is 32.7 Å². The Morgan fingerprint density at radius 3 is 2.36 bits per heavy atom. The zero-order valence-corrected chi connectivity index (χ0v) is 16.2. The molecule has 2 aromatic carbocycles. The second kappa shape index (κ2) is 7.80. The van der Waals surface area contributed by atoms with E-state index in [9.17, 15) is 4.79 Å². The molecule has 5 heteroatoms. The van der Waals surface area contributed by atoms with Crippen LogP contribution in [0.25, 0.3) is 0 Å². The molecule has 5 nitrogen and oxygen atoms in total. The first kappa shape index (κ1) is 18.2. The highest BCUT2D eigenvalue weighted by Gasteiger charge is 2.22. The number of amides is 1. The van der Waals surface area contributed by atoms with Crippen molar-refractivity contribution in [2.24, 2.45) is 0 Å². The minimum Gasteiger partial charge on any atom is -0.334 e. The van der Waals surface area contributed by atoms with E-state index in [0.29, 0.717) is 24.0 Å². The topological polar surface area (TPSA) is 58.1 Å². The van der Waals surface area contributed by atoms with Gasteiger partial charge in [0.25, 0.3) is 5.91 Å². The van der Waals surface area contributed by atoms with Crippen molar-refractivity contribution < 1.29 is 4.79 Å². The third-order valence-electron chi connectivity index (χ3n) is 5.15. The van der Waals surface area contributed by atoms with Crippen LogP contribution >= 0.6 is 0 Å². The number of hydrogen-bond acceptors (Lipinski definition) is 4. The van der Waals surface area contributed by atoms with Gasteiger partial charge in [0, 0.05) is 31.2 Å². The second-order valence-electron chi connectivity index (χ2n) is 7.44. The highest BCUT2D eigenvalue weighted by atomic mass is 16.2. The Kier molecular flexibility index (Phi) is 5.06. The maximum absolute atomic E-state index is 12.8. The first-order valence-electron chi connectivity index (χ1n) is 9.65. The average Bonchev–Trinajstić information content (AvgIpc) is 2.74. The molecule has 1 aliphatic heterocycles. The third-order valence-corrected chi connectivity index (χ3v) is 5.15. The highest BCUT2D eigenvalue weighted by molar-refractivity contribution is 5.93. The Hall–Kier alpha value is -3.21. The Bertz CT molecular complexity index is 965. The molecule has 4 rings (SSSR count). The van der Waals surface area contributed by atoms with Crippen molar-refractivity contribution in [3.05, 3.63) is 83.2 Å². The molecule has 0 spiro atoms. The van der Waals surface area contributed by atoms with Crippen LogP contribution in [0.1, 0.15) is 46.8 Å². The molecule has 2 heterocycles. The quantitative estimate of drug-likeness (QED) is 0.730. The van der Waals surface area contributed by atoms with Crippen LogP contribution in [0.3, 0.4) is 0 Å². The lowest BCUT2D eigenvalue weighted by Gasteiger charge is -2.28. The maximum Gasteiger partial charge on any atom is 0.257 e. The lowest BCUT2D eigenvalue weighted by molar-refractivity contribution is 0.0734. The molecule has 0 saturated carbocycles. The fraction of sp³-hybridized carbons (Fsp3) is 0.261. The van der Waals surface area contributed by atoms with Crippen molar-refractivity contribution in [1.82, 2.24) is 14.9 Å². The molecule has 0 unspecified atom stereocenters. The van der Waals surface area contributed by atoms with Gasteiger partial charge in [0.15, 0.2) is 0 Å². The smallest absolute Gasteiger partial charge is 0.257 e. The molecular formula is C23H24N4O. The van der Waals surface area contributed by atoms with Crippen LogP contribution in [0.15, 0.2) is 60.9 Å². The zero-order chi connectivity index (χ0) is 19.5. The monoisotopic (exact) mass is 372 g/mol. The van der Waals surface area contributed by atoms with E-state index in [1.165, 1.54) is 16.7 Å². The van der Waals surface area contributed by atoms with Crippen LogP contribution in [0, 0.1) is 0 Å². The minimum absolute atomic E-state index is 0.0256. The predicted octanol–water partition coefficient (Wildman–Crippen LogP) is 4.54. The van der Waals surface area contributed by atoms with E-state index in [1.807, 2.05) is 29.2 Å². The Morgan fingerprint density at radius 2 is 1.68 bits per heavy atom. The van der Waals surface area contributed by atoms with Gasteiger partial charge in [-0.25, -0.2) is 9.97 Å². The molecule has 0 radical (unpaired) electrons. The van der Waals surface area contributed by atoms with Crippen molar-refractivity contribution in [1.29, 1.82) is 0 Å². The number of nitrogens with zero attached hydrogens (tertiary/aromatic N) is 3. The largest absolute Gasteiger partial charge is 0.334 e. The summed E-state index contributed by atoms with van der Waals surface area (Å²) in [5.41, 5.74) is 5.27. The SMILES string of the molecule is CC(C)c1ccc(Nc2ncc(C(=O)N3CCc4ccccc4C3)cn2)cc1.